The Hall–Kier alpha value is -4.54. The predicted octanol–water partition coefficient (Wildman–Crippen LogP) is 2.62. The van der Waals surface area contributed by atoms with Gasteiger partial charge < -0.3 is 24.1 Å². The van der Waals surface area contributed by atoms with E-state index in [9.17, 15) is 19.2 Å². The molecule has 190 valence electrons. The van der Waals surface area contributed by atoms with Crippen molar-refractivity contribution < 1.29 is 43.2 Å². The van der Waals surface area contributed by atoms with Crippen molar-refractivity contribution in [2.24, 2.45) is 0 Å². The topological polar surface area (TPSA) is 141 Å². The first-order valence-corrected chi connectivity index (χ1v) is 11.0. The molecule has 0 aromatic heterocycles. The smallest absolute Gasteiger partial charge is 0.341 e. The summed E-state index contributed by atoms with van der Waals surface area (Å²) in [5, 5.41) is 11.0. The molecule has 1 fully saturated rings. The van der Waals surface area contributed by atoms with Gasteiger partial charge in [0, 0.05) is 0 Å². The van der Waals surface area contributed by atoms with E-state index in [-0.39, 0.29) is 23.6 Å². The minimum atomic E-state index is -1.15. The Labute approximate surface area is 207 Å². The molecule has 0 spiro atoms. The molecule has 0 bridgehead atoms. The van der Waals surface area contributed by atoms with Crippen LogP contribution >= 0.6 is 0 Å². The largest absolute Gasteiger partial charge is 0.493 e. The van der Waals surface area contributed by atoms with Crippen LogP contribution in [0.3, 0.4) is 0 Å². The van der Waals surface area contributed by atoms with E-state index in [1.165, 1.54) is 38.5 Å². The number of nitrogens with zero attached hydrogens (tertiary/aromatic N) is 1. The summed E-state index contributed by atoms with van der Waals surface area (Å²) in [7, 11) is 2.86. The molecule has 0 atom stereocenters. The zero-order chi connectivity index (χ0) is 26.2. The normalized spacial score (nSPS) is 14.5. The minimum absolute atomic E-state index is 0.106. The number of barbiturate groups is 1. The molecule has 0 radical (unpaired) electrons. The van der Waals surface area contributed by atoms with Gasteiger partial charge in [0.15, 0.2) is 29.6 Å². The molecular weight excluding hydrogens is 472 g/mol. The number of urea groups is 1. The number of carboxylic acids is 1. The summed E-state index contributed by atoms with van der Waals surface area (Å²) in [5.41, 5.74) is 0.738. The lowest BCUT2D eigenvalue weighted by Gasteiger charge is -2.26. The van der Waals surface area contributed by atoms with Crippen LogP contribution in [-0.2, 0) is 20.9 Å². The number of hydrogen-bond donors (Lipinski definition) is 2. The predicted molar refractivity (Wildman–Crippen MR) is 127 cm³/mol. The van der Waals surface area contributed by atoms with E-state index < -0.39 is 30.4 Å². The Kier molecular flexibility index (Phi) is 8.50. The molecule has 4 amide bonds. The van der Waals surface area contributed by atoms with E-state index >= 15 is 0 Å². The van der Waals surface area contributed by atoms with Crippen LogP contribution in [0.2, 0.25) is 0 Å². The number of ether oxygens (including phenoxy) is 4. The maximum atomic E-state index is 13.1. The van der Waals surface area contributed by atoms with Crippen LogP contribution in [0.15, 0.2) is 42.0 Å². The number of hydrogen-bond acceptors (Lipinski definition) is 8. The third-order valence-corrected chi connectivity index (χ3v) is 5.07. The summed E-state index contributed by atoms with van der Waals surface area (Å²) in [6.07, 6.45) is 2.13. The lowest BCUT2D eigenvalue weighted by atomic mass is 10.1. The van der Waals surface area contributed by atoms with Crippen LogP contribution in [0.25, 0.3) is 6.08 Å². The fourth-order valence-corrected chi connectivity index (χ4v) is 3.36. The highest BCUT2D eigenvalue weighted by atomic mass is 16.5. The van der Waals surface area contributed by atoms with Crippen molar-refractivity contribution in [3.8, 4) is 23.0 Å². The number of amides is 4. The number of benzene rings is 2. The quantitative estimate of drug-likeness (QED) is 0.353. The number of rotatable bonds is 11. The fraction of sp³-hybridized carbons (Fsp3) is 0.280. The van der Waals surface area contributed by atoms with Gasteiger partial charge in [-0.15, -0.1) is 0 Å². The summed E-state index contributed by atoms with van der Waals surface area (Å²) in [6, 6.07) is 8.66. The van der Waals surface area contributed by atoms with Crippen molar-refractivity contribution in [1.82, 2.24) is 10.2 Å². The van der Waals surface area contributed by atoms with Gasteiger partial charge in [-0.25, -0.2) is 9.59 Å². The monoisotopic (exact) mass is 498 g/mol. The molecule has 0 saturated carbocycles. The second-order valence-electron chi connectivity index (χ2n) is 7.63. The number of carbonyl (C=O) groups excluding carboxylic acids is 3. The number of carbonyl (C=O) groups is 4. The molecule has 36 heavy (non-hydrogen) atoms. The fourth-order valence-electron chi connectivity index (χ4n) is 3.36. The Balaban J connectivity index is 1.85. The molecule has 2 N–H and O–H groups in total. The number of methoxy groups -OCH3 is 2. The lowest BCUT2D eigenvalue weighted by molar-refractivity contribution is -0.139. The van der Waals surface area contributed by atoms with Gasteiger partial charge in [-0.3, -0.25) is 19.8 Å². The Morgan fingerprint density at radius 3 is 2.31 bits per heavy atom. The first-order chi connectivity index (χ1) is 17.3. The summed E-state index contributed by atoms with van der Waals surface area (Å²) in [5.74, 6) is -1.39. The average molecular weight is 498 g/mol. The van der Waals surface area contributed by atoms with Crippen molar-refractivity contribution >= 4 is 29.9 Å². The van der Waals surface area contributed by atoms with E-state index in [1.54, 1.807) is 18.2 Å². The van der Waals surface area contributed by atoms with Crippen molar-refractivity contribution in [3.63, 3.8) is 0 Å². The Bertz CT molecular complexity index is 1210. The number of nitrogens with one attached hydrogen (secondary N) is 1. The van der Waals surface area contributed by atoms with Gasteiger partial charge >= 0.3 is 12.0 Å². The summed E-state index contributed by atoms with van der Waals surface area (Å²) in [4.78, 5) is 49.7. The third-order valence-electron chi connectivity index (χ3n) is 5.07. The van der Waals surface area contributed by atoms with Crippen molar-refractivity contribution in [3.05, 3.63) is 53.1 Å². The van der Waals surface area contributed by atoms with Gasteiger partial charge in [-0.2, -0.15) is 0 Å². The van der Waals surface area contributed by atoms with Gasteiger partial charge in [0.25, 0.3) is 11.8 Å². The second kappa shape index (κ2) is 11.7. The maximum absolute atomic E-state index is 13.1. The summed E-state index contributed by atoms with van der Waals surface area (Å²) in [6.45, 7) is 1.82. The lowest BCUT2D eigenvalue weighted by Crippen LogP contribution is -2.53. The number of aliphatic carboxylic acids is 1. The molecule has 1 aliphatic heterocycles. The van der Waals surface area contributed by atoms with Gasteiger partial charge in [-0.05, 0) is 47.9 Å². The van der Waals surface area contributed by atoms with Crippen LogP contribution in [-0.4, -0.2) is 61.3 Å². The molecular formula is C25H26N2O9. The number of imide groups is 2. The van der Waals surface area contributed by atoms with Crippen LogP contribution in [0.5, 0.6) is 23.0 Å². The average Bonchev–Trinajstić information content (AvgIpc) is 2.86. The number of carboxylic acid groups (broad SMARTS) is 1. The highest BCUT2D eigenvalue weighted by molar-refractivity contribution is 6.30. The van der Waals surface area contributed by atoms with E-state index in [4.69, 9.17) is 24.1 Å². The van der Waals surface area contributed by atoms with Gasteiger partial charge in [0.2, 0.25) is 0 Å². The molecule has 1 aliphatic rings. The van der Waals surface area contributed by atoms with E-state index in [0.717, 1.165) is 11.3 Å². The molecule has 2 aromatic rings. The third kappa shape index (κ3) is 6.12. The van der Waals surface area contributed by atoms with Crippen LogP contribution in [0.4, 0.5) is 4.79 Å². The molecule has 3 rings (SSSR count). The highest BCUT2D eigenvalue weighted by Gasteiger charge is 2.35. The van der Waals surface area contributed by atoms with E-state index in [1.807, 2.05) is 6.92 Å². The molecule has 1 heterocycles. The van der Waals surface area contributed by atoms with Crippen molar-refractivity contribution in [2.45, 2.75) is 19.9 Å². The highest BCUT2D eigenvalue weighted by Crippen LogP contribution is 2.31. The van der Waals surface area contributed by atoms with Crippen LogP contribution in [0.1, 0.15) is 24.5 Å². The standard InChI is InChI=1S/C25H26N2O9/c1-4-9-35-18-8-6-16(12-21(18)34-3)13-27-24(31)17(23(30)26-25(27)32)10-15-5-7-19(20(11-15)33-2)36-14-22(28)29/h5-8,10-12H,4,9,13-14H2,1-3H3,(H,28,29)(H,26,30,32)/b17-10+. The molecule has 1 saturated heterocycles. The molecule has 11 heteroatoms. The zero-order valence-electron chi connectivity index (χ0n) is 20.0. The van der Waals surface area contributed by atoms with E-state index in [0.29, 0.717) is 29.2 Å². The van der Waals surface area contributed by atoms with Crippen LogP contribution < -0.4 is 24.3 Å². The zero-order valence-corrected chi connectivity index (χ0v) is 20.0. The first kappa shape index (κ1) is 26.1. The maximum Gasteiger partial charge on any atom is 0.341 e. The molecule has 0 aliphatic carbocycles. The first-order valence-electron chi connectivity index (χ1n) is 11.0. The Morgan fingerprint density at radius 1 is 0.972 bits per heavy atom. The van der Waals surface area contributed by atoms with Gasteiger partial charge in [-0.1, -0.05) is 19.1 Å². The van der Waals surface area contributed by atoms with Crippen LogP contribution in [0, 0.1) is 0 Å². The summed E-state index contributed by atoms with van der Waals surface area (Å²) >= 11 is 0. The molecule has 2 aromatic carbocycles. The second-order valence-corrected chi connectivity index (χ2v) is 7.63. The van der Waals surface area contributed by atoms with Crippen molar-refractivity contribution in [1.29, 1.82) is 0 Å². The van der Waals surface area contributed by atoms with Gasteiger partial charge in [0.05, 0.1) is 27.4 Å². The SMILES string of the molecule is CCCOc1ccc(CN2C(=O)NC(=O)/C(=C\c3ccc(OCC(=O)O)c(OC)c3)C2=O)cc1OC. The molecule has 0 unspecified atom stereocenters. The minimum Gasteiger partial charge on any atom is -0.493 e. The summed E-state index contributed by atoms with van der Waals surface area (Å²) < 4.78 is 21.4. The van der Waals surface area contributed by atoms with Gasteiger partial charge in [0.1, 0.15) is 5.57 Å². The Morgan fingerprint density at radius 2 is 1.64 bits per heavy atom. The van der Waals surface area contributed by atoms with E-state index in [2.05, 4.69) is 5.32 Å². The molecule has 11 nitrogen and oxygen atoms in total. The van der Waals surface area contributed by atoms with Crippen molar-refractivity contribution in [2.75, 3.05) is 27.4 Å².